The molecular formula is C16H28O4Zn. The first-order valence-electron chi connectivity index (χ1n) is 7.77. The number of carboxylic acids is 2. The summed E-state index contributed by atoms with van der Waals surface area (Å²) in [4.78, 5) is 21.4. The van der Waals surface area contributed by atoms with E-state index in [9.17, 15) is 9.59 Å². The number of hydrogen-bond acceptors (Lipinski definition) is 2. The monoisotopic (exact) mass is 348 g/mol. The summed E-state index contributed by atoms with van der Waals surface area (Å²) in [7, 11) is 0. The zero-order chi connectivity index (χ0) is 15.2. The number of hydrogen-bond donors (Lipinski definition) is 2. The summed E-state index contributed by atoms with van der Waals surface area (Å²) in [5.74, 6) is -1.24. The quantitative estimate of drug-likeness (QED) is 0.736. The van der Waals surface area contributed by atoms with E-state index in [1.165, 1.54) is 12.8 Å². The van der Waals surface area contributed by atoms with Gasteiger partial charge in [-0.1, -0.05) is 38.5 Å². The van der Waals surface area contributed by atoms with Crippen LogP contribution < -0.4 is 0 Å². The van der Waals surface area contributed by atoms with Gasteiger partial charge in [0.1, 0.15) is 0 Å². The molecule has 0 aromatic rings. The second-order valence-corrected chi connectivity index (χ2v) is 6.85. The summed E-state index contributed by atoms with van der Waals surface area (Å²) in [6.45, 7) is 3.71. The summed E-state index contributed by atoms with van der Waals surface area (Å²) < 4.78 is 0. The standard InChI is InChI=1S/2C8H14O2.Zn/c2*1-8(7(9)10)5-3-2-4-6-8;/h2*2-6H2,1H3,(H,9,10);. The Labute approximate surface area is 140 Å². The number of carboxylic acid groups (broad SMARTS) is 2. The zero-order valence-corrected chi connectivity index (χ0v) is 16.5. The average molecular weight is 350 g/mol. The van der Waals surface area contributed by atoms with Gasteiger partial charge in [-0.2, -0.15) is 0 Å². The molecule has 0 saturated heterocycles. The molecule has 0 aromatic carbocycles. The molecule has 2 N–H and O–H groups in total. The van der Waals surface area contributed by atoms with Crippen LogP contribution in [0.1, 0.15) is 78.1 Å². The van der Waals surface area contributed by atoms with Crippen molar-refractivity contribution in [3.63, 3.8) is 0 Å². The van der Waals surface area contributed by atoms with Gasteiger partial charge in [0, 0.05) is 19.5 Å². The molecule has 4 nitrogen and oxygen atoms in total. The molecule has 0 atom stereocenters. The Morgan fingerprint density at radius 2 is 0.905 bits per heavy atom. The number of aliphatic carboxylic acids is 2. The van der Waals surface area contributed by atoms with Crippen molar-refractivity contribution < 1.29 is 39.3 Å². The van der Waals surface area contributed by atoms with Gasteiger partial charge in [-0.05, 0) is 39.5 Å². The van der Waals surface area contributed by atoms with Crippen molar-refractivity contribution in [1.29, 1.82) is 0 Å². The molecule has 0 radical (unpaired) electrons. The van der Waals surface area contributed by atoms with Crippen molar-refractivity contribution in [2.45, 2.75) is 78.1 Å². The van der Waals surface area contributed by atoms with Crippen LogP contribution in [0.25, 0.3) is 0 Å². The van der Waals surface area contributed by atoms with Gasteiger partial charge in [-0.25, -0.2) is 0 Å². The molecule has 2 aliphatic carbocycles. The van der Waals surface area contributed by atoms with Crippen molar-refractivity contribution in [2.75, 3.05) is 0 Å². The predicted octanol–water partition coefficient (Wildman–Crippen LogP) is 4.08. The van der Waals surface area contributed by atoms with Gasteiger partial charge in [0.05, 0.1) is 10.8 Å². The van der Waals surface area contributed by atoms with E-state index < -0.39 is 22.8 Å². The van der Waals surface area contributed by atoms with Crippen LogP contribution in [-0.2, 0) is 29.1 Å². The fourth-order valence-electron chi connectivity index (χ4n) is 3.09. The molecule has 2 saturated carbocycles. The summed E-state index contributed by atoms with van der Waals surface area (Å²) in [6.07, 6.45) is 10.2. The molecule has 2 aliphatic rings. The van der Waals surface area contributed by atoms with Crippen LogP contribution >= 0.6 is 0 Å². The first kappa shape index (κ1) is 20.6. The summed E-state index contributed by atoms with van der Waals surface area (Å²) in [5, 5.41) is 17.6. The van der Waals surface area contributed by atoms with Crippen LogP contribution in [0.3, 0.4) is 0 Å². The molecule has 2 rings (SSSR count). The molecule has 0 aliphatic heterocycles. The molecule has 21 heavy (non-hydrogen) atoms. The largest absolute Gasteiger partial charge is 0.481 e. The van der Waals surface area contributed by atoms with Crippen LogP contribution in [0, 0.1) is 10.8 Å². The molecular weight excluding hydrogens is 322 g/mol. The Balaban J connectivity index is 0.000000364. The molecule has 118 valence electrons. The Hall–Kier alpha value is -0.437. The maximum atomic E-state index is 10.7. The van der Waals surface area contributed by atoms with Gasteiger partial charge in [0.2, 0.25) is 0 Å². The van der Waals surface area contributed by atoms with Gasteiger partial charge < -0.3 is 10.2 Å². The van der Waals surface area contributed by atoms with Gasteiger partial charge in [-0.15, -0.1) is 0 Å². The summed E-state index contributed by atoms with van der Waals surface area (Å²) in [5.41, 5.74) is -0.809. The Morgan fingerprint density at radius 3 is 1.05 bits per heavy atom. The van der Waals surface area contributed by atoms with Crippen LogP contribution in [-0.4, -0.2) is 22.2 Å². The molecule has 5 heteroatoms. The van der Waals surface area contributed by atoms with Gasteiger partial charge in [0.15, 0.2) is 0 Å². The minimum atomic E-state index is -0.618. The molecule has 0 amide bonds. The van der Waals surface area contributed by atoms with E-state index in [2.05, 4.69) is 0 Å². The maximum absolute atomic E-state index is 10.7. The maximum Gasteiger partial charge on any atom is 0.309 e. The fraction of sp³-hybridized carbons (Fsp3) is 0.875. The van der Waals surface area contributed by atoms with Gasteiger partial charge >= 0.3 is 11.9 Å². The van der Waals surface area contributed by atoms with E-state index in [0.29, 0.717) is 0 Å². The molecule has 0 bridgehead atoms. The second-order valence-electron chi connectivity index (χ2n) is 6.85. The molecule has 0 heterocycles. The average Bonchev–Trinajstić information content (AvgIpc) is 2.41. The van der Waals surface area contributed by atoms with E-state index in [1.54, 1.807) is 0 Å². The second kappa shape index (κ2) is 8.87. The van der Waals surface area contributed by atoms with Crippen LogP contribution in [0.4, 0.5) is 0 Å². The third kappa shape index (κ3) is 6.06. The van der Waals surface area contributed by atoms with Crippen molar-refractivity contribution in [2.24, 2.45) is 10.8 Å². The third-order valence-corrected chi connectivity index (χ3v) is 4.95. The van der Waals surface area contributed by atoms with Crippen molar-refractivity contribution in [1.82, 2.24) is 0 Å². The summed E-state index contributed by atoms with van der Waals surface area (Å²) >= 11 is 0. The van der Waals surface area contributed by atoms with Crippen LogP contribution in [0.15, 0.2) is 0 Å². The smallest absolute Gasteiger partial charge is 0.309 e. The van der Waals surface area contributed by atoms with Crippen molar-refractivity contribution in [3.8, 4) is 0 Å². The van der Waals surface area contributed by atoms with E-state index >= 15 is 0 Å². The summed E-state index contributed by atoms with van der Waals surface area (Å²) in [6, 6.07) is 0. The Kier molecular flexibility index (Phi) is 8.69. The minimum absolute atomic E-state index is 0. The Bertz CT molecular complexity index is 308. The van der Waals surface area contributed by atoms with Crippen LogP contribution in [0.5, 0.6) is 0 Å². The predicted molar refractivity (Wildman–Crippen MR) is 77.7 cm³/mol. The zero-order valence-electron chi connectivity index (χ0n) is 13.5. The van der Waals surface area contributed by atoms with Crippen molar-refractivity contribution >= 4 is 11.9 Å². The van der Waals surface area contributed by atoms with Crippen molar-refractivity contribution in [3.05, 3.63) is 0 Å². The van der Waals surface area contributed by atoms with E-state index in [0.717, 1.165) is 51.4 Å². The number of rotatable bonds is 2. The van der Waals surface area contributed by atoms with Gasteiger partial charge in [-0.3, -0.25) is 9.59 Å². The molecule has 2 fully saturated rings. The van der Waals surface area contributed by atoms with E-state index in [4.69, 9.17) is 10.2 Å². The molecule has 0 aromatic heterocycles. The van der Waals surface area contributed by atoms with Gasteiger partial charge in [0.25, 0.3) is 0 Å². The minimum Gasteiger partial charge on any atom is -0.481 e. The Morgan fingerprint density at radius 1 is 0.667 bits per heavy atom. The van der Waals surface area contributed by atoms with E-state index in [-0.39, 0.29) is 19.5 Å². The first-order chi connectivity index (χ1) is 9.30. The normalized spacial score (nSPS) is 23.0. The fourth-order valence-corrected chi connectivity index (χ4v) is 3.09. The topological polar surface area (TPSA) is 74.6 Å². The molecule has 0 spiro atoms. The van der Waals surface area contributed by atoms with E-state index in [1.807, 2.05) is 13.8 Å². The number of carbonyl (C=O) groups is 2. The SMILES string of the molecule is CC1(C(=O)O)CCCCC1.CC1(C(=O)O)CCCCC1.[Zn]. The van der Waals surface area contributed by atoms with Crippen LogP contribution in [0.2, 0.25) is 0 Å². The first-order valence-corrected chi connectivity index (χ1v) is 7.77. The third-order valence-electron chi connectivity index (χ3n) is 4.95. The molecule has 0 unspecified atom stereocenters.